The molecule has 2 aromatic carbocycles. The molecule has 1 fully saturated rings. The van der Waals surface area contributed by atoms with Crippen molar-refractivity contribution in [3.05, 3.63) is 66.1 Å². The highest BCUT2D eigenvalue weighted by molar-refractivity contribution is 5.71. The first-order chi connectivity index (χ1) is 12.7. The Morgan fingerprint density at radius 3 is 2.54 bits per heavy atom. The summed E-state index contributed by atoms with van der Waals surface area (Å²) < 4.78 is 15.1. The van der Waals surface area contributed by atoms with Gasteiger partial charge in [-0.15, -0.1) is 0 Å². The van der Waals surface area contributed by atoms with Crippen molar-refractivity contribution in [2.45, 2.75) is 12.8 Å². The first-order valence-electron chi connectivity index (χ1n) is 8.71. The number of nitrogens with one attached hydrogen (secondary N) is 1. The van der Waals surface area contributed by atoms with Crippen molar-refractivity contribution in [1.82, 2.24) is 15.1 Å². The van der Waals surface area contributed by atoms with Gasteiger partial charge >= 0.3 is 0 Å². The quantitative estimate of drug-likeness (QED) is 0.715. The molecule has 1 N–H and O–H groups in total. The van der Waals surface area contributed by atoms with Crippen molar-refractivity contribution >= 4 is 0 Å². The molecule has 2 unspecified atom stereocenters. The number of benzene rings is 2. The molecule has 4 nitrogen and oxygen atoms in total. The van der Waals surface area contributed by atoms with Crippen molar-refractivity contribution in [3.63, 3.8) is 0 Å². The van der Waals surface area contributed by atoms with E-state index in [0.29, 0.717) is 24.5 Å². The third kappa shape index (κ3) is 2.84. The number of halogens is 1. The van der Waals surface area contributed by atoms with Crippen molar-refractivity contribution in [2.24, 2.45) is 5.92 Å². The highest BCUT2D eigenvalue weighted by atomic mass is 19.1. The molecule has 3 aromatic rings. The van der Waals surface area contributed by atoms with E-state index in [2.05, 4.69) is 16.4 Å². The van der Waals surface area contributed by atoms with Gasteiger partial charge in [0.15, 0.2) is 12.0 Å². The predicted molar refractivity (Wildman–Crippen MR) is 98.5 cm³/mol. The Bertz CT molecular complexity index is 958. The van der Waals surface area contributed by atoms with E-state index in [9.17, 15) is 0 Å². The van der Waals surface area contributed by atoms with Gasteiger partial charge in [0, 0.05) is 24.6 Å². The molecule has 0 spiro atoms. The fraction of sp³-hybridized carbons (Fsp3) is 0.238. The van der Waals surface area contributed by atoms with Crippen LogP contribution in [0.1, 0.15) is 18.5 Å². The van der Waals surface area contributed by atoms with Crippen LogP contribution in [-0.4, -0.2) is 28.2 Å². The van der Waals surface area contributed by atoms with Gasteiger partial charge in [-0.1, -0.05) is 55.5 Å². The number of hydrogen-bond acceptors (Lipinski definition) is 3. The first kappa shape index (κ1) is 16.3. The molecule has 2 atom stereocenters. The van der Waals surface area contributed by atoms with Gasteiger partial charge in [-0.05, 0) is 23.1 Å². The van der Waals surface area contributed by atoms with E-state index in [0.717, 1.165) is 16.7 Å². The van der Waals surface area contributed by atoms with Gasteiger partial charge in [0.25, 0.3) is 0 Å². The first-order valence-corrected chi connectivity index (χ1v) is 8.71. The van der Waals surface area contributed by atoms with E-state index in [4.69, 9.17) is 5.26 Å². The maximum atomic E-state index is 15.1. The molecular weight excluding hydrogens is 327 g/mol. The maximum Gasteiger partial charge on any atom is 0.179 e. The molecule has 2 heterocycles. The minimum Gasteiger partial charge on any atom is -0.310 e. The standard InChI is InChI=1S/C21H19FN4/c1-14-11-26(13-23)12-18(14)21-19(22)20(24-25-21)17-9-5-8-16(10-17)15-6-3-2-4-7-15/h2-10,14,18H,11-12H2,1H3,(H,24,25). The van der Waals surface area contributed by atoms with Crippen LogP contribution < -0.4 is 0 Å². The lowest BCUT2D eigenvalue weighted by Gasteiger charge is -2.11. The van der Waals surface area contributed by atoms with Crippen LogP contribution >= 0.6 is 0 Å². The molecule has 1 saturated heterocycles. The lowest BCUT2D eigenvalue weighted by atomic mass is 9.93. The molecular formula is C21H19FN4. The summed E-state index contributed by atoms with van der Waals surface area (Å²) in [6.07, 6.45) is 2.15. The third-order valence-corrected chi connectivity index (χ3v) is 5.10. The molecule has 130 valence electrons. The number of nitrogens with zero attached hydrogens (tertiary/aromatic N) is 3. The van der Waals surface area contributed by atoms with Crippen molar-refractivity contribution in [2.75, 3.05) is 13.1 Å². The average Bonchev–Trinajstić information content (AvgIpc) is 3.24. The van der Waals surface area contributed by atoms with Crippen molar-refractivity contribution < 1.29 is 4.39 Å². The van der Waals surface area contributed by atoms with E-state index >= 15 is 4.39 Å². The minimum absolute atomic E-state index is 0.0480. The summed E-state index contributed by atoms with van der Waals surface area (Å²) in [5, 5.41) is 16.2. The second kappa shape index (κ2) is 6.64. The molecule has 5 heteroatoms. The number of hydrogen-bond donors (Lipinski definition) is 1. The van der Waals surface area contributed by atoms with Crippen LogP contribution in [0, 0.1) is 23.2 Å². The van der Waals surface area contributed by atoms with E-state index in [1.165, 1.54) is 0 Å². The summed E-state index contributed by atoms with van der Waals surface area (Å²) in [6.45, 7) is 3.22. The van der Waals surface area contributed by atoms with Crippen LogP contribution in [0.25, 0.3) is 22.4 Å². The van der Waals surface area contributed by atoms with Crippen LogP contribution in [0.2, 0.25) is 0 Å². The van der Waals surface area contributed by atoms with Gasteiger partial charge in [-0.3, -0.25) is 5.10 Å². The topological polar surface area (TPSA) is 55.7 Å². The van der Waals surface area contributed by atoms with Gasteiger partial charge in [0.1, 0.15) is 5.69 Å². The summed E-state index contributed by atoms with van der Waals surface area (Å²) in [5.74, 6) is -0.159. The Balaban J connectivity index is 1.68. The van der Waals surface area contributed by atoms with Gasteiger partial charge in [-0.2, -0.15) is 10.4 Å². The number of H-pyrrole nitrogens is 1. The highest BCUT2D eigenvalue weighted by Gasteiger charge is 2.34. The second-order valence-electron chi connectivity index (χ2n) is 6.84. The van der Waals surface area contributed by atoms with Crippen LogP contribution in [0.3, 0.4) is 0 Å². The summed E-state index contributed by atoms with van der Waals surface area (Å²) in [7, 11) is 0. The second-order valence-corrected chi connectivity index (χ2v) is 6.84. The third-order valence-electron chi connectivity index (χ3n) is 5.10. The van der Waals surface area contributed by atoms with Gasteiger partial charge in [-0.25, -0.2) is 4.39 Å². The van der Waals surface area contributed by atoms with Gasteiger partial charge in [0.05, 0.1) is 5.69 Å². The maximum absolute atomic E-state index is 15.1. The molecule has 4 rings (SSSR count). The lowest BCUT2D eigenvalue weighted by molar-refractivity contribution is 0.465. The molecule has 1 aromatic heterocycles. The molecule has 0 saturated carbocycles. The normalized spacial score (nSPS) is 19.5. The summed E-state index contributed by atoms with van der Waals surface area (Å²) in [6, 6.07) is 17.8. The van der Waals surface area contributed by atoms with Crippen LogP contribution in [-0.2, 0) is 0 Å². The highest BCUT2D eigenvalue weighted by Crippen LogP contribution is 2.35. The molecule has 26 heavy (non-hydrogen) atoms. The monoisotopic (exact) mass is 346 g/mol. The molecule has 1 aliphatic rings. The Kier molecular flexibility index (Phi) is 4.18. The SMILES string of the molecule is CC1CN(C#N)CC1c1[nH]nc(-c2cccc(-c3ccccc3)c2)c1F. The smallest absolute Gasteiger partial charge is 0.179 e. The lowest BCUT2D eigenvalue weighted by Crippen LogP contribution is -2.13. The zero-order chi connectivity index (χ0) is 18.1. The summed E-state index contributed by atoms with van der Waals surface area (Å²) >= 11 is 0. The van der Waals surface area contributed by atoms with E-state index < -0.39 is 0 Å². The summed E-state index contributed by atoms with van der Waals surface area (Å²) in [5.41, 5.74) is 3.68. The Morgan fingerprint density at radius 2 is 1.81 bits per heavy atom. The molecule has 1 aliphatic heterocycles. The number of rotatable bonds is 3. The Labute approximate surface area is 151 Å². The molecule has 0 bridgehead atoms. The Hall–Kier alpha value is -3.13. The zero-order valence-corrected chi connectivity index (χ0v) is 14.5. The number of aromatic nitrogens is 2. The number of nitriles is 1. The Morgan fingerprint density at radius 1 is 1.08 bits per heavy atom. The number of aromatic amines is 1. The largest absolute Gasteiger partial charge is 0.310 e. The summed E-state index contributed by atoms with van der Waals surface area (Å²) in [4.78, 5) is 1.67. The average molecular weight is 346 g/mol. The van der Waals surface area contributed by atoms with Crippen LogP contribution in [0.15, 0.2) is 54.6 Å². The predicted octanol–water partition coefficient (Wildman–Crippen LogP) is 4.40. The number of likely N-dealkylation sites (tertiary alicyclic amines) is 1. The fourth-order valence-corrected chi connectivity index (χ4v) is 3.68. The van der Waals surface area contributed by atoms with Gasteiger partial charge in [0.2, 0.25) is 0 Å². The molecule has 0 radical (unpaired) electrons. The molecule has 0 aliphatic carbocycles. The van der Waals surface area contributed by atoms with E-state index in [1.54, 1.807) is 4.90 Å². The minimum atomic E-state index is -0.313. The van der Waals surface area contributed by atoms with E-state index in [-0.39, 0.29) is 17.7 Å². The fourth-order valence-electron chi connectivity index (χ4n) is 3.68. The van der Waals surface area contributed by atoms with Crippen LogP contribution in [0.4, 0.5) is 4.39 Å². The van der Waals surface area contributed by atoms with Gasteiger partial charge < -0.3 is 4.90 Å². The molecule has 0 amide bonds. The van der Waals surface area contributed by atoms with Crippen molar-refractivity contribution in [3.8, 4) is 28.6 Å². The zero-order valence-electron chi connectivity index (χ0n) is 14.5. The van der Waals surface area contributed by atoms with Crippen LogP contribution in [0.5, 0.6) is 0 Å². The van der Waals surface area contributed by atoms with Crippen molar-refractivity contribution in [1.29, 1.82) is 5.26 Å². The van der Waals surface area contributed by atoms with E-state index in [1.807, 2.05) is 61.5 Å².